The highest BCUT2D eigenvalue weighted by atomic mass is 32.2. The smallest absolute Gasteiger partial charge is 0.318 e. The Balaban J connectivity index is 1.78. The van der Waals surface area contributed by atoms with E-state index in [-0.39, 0.29) is 35.1 Å². The number of hydrogen-bond donors (Lipinski definition) is 1. The lowest BCUT2D eigenvalue weighted by Crippen LogP contribution is -2.52. The van der Waals surface area contributed by atoms with E-state index >= 15 is 0 Å². The predicted octanol–water partition coefficient (Wildman–Crippen LogP) is 4.12. The molecule has 0 saturated carbocycles. The molecule has 1 N–H and O–H groups in total. The van der Waals surface area contributed by atoms with Gasteiger partial charge < -0.3 is 10.2 Å². The molecule has 0 radical (unpaired) electrons. The van der Waals surface area contributed by atoms with E-state index in [1.165, 1.54) is 6.26 Å². The molecule has 1 fully saturated rings. The number of amides is 2. The fourth-order valence-electron chi connectivity index (χ4n) is 4.71. The van der Waals surface area contributed by atoms with Gasteiger partial charge in [0.2, 0.25) is 0 Å². The molecule has 3 atom stereocenters. The van der Waals surface area contributed by atoms with Crippen molar-refractivity contribution in [1.29, 1.82) is 0 Å². The highest BCUT2D eigenvalue weighted by Crippen LogP contribution is 2.39. The van der Waals surface area contributed by atoms with E-state index in [0.29, 0.717) is 0 Å². The van der Waals surface area contributed by atoms with E-state index in [0.717, 1.165) is 16.7 Å². The molecule has 3 aromatic carbocycles. The van der Waals surface area contributed by atoms with E-state index in [4.69, 9.17) is 0 Å². The number of nitrogens with zero attached hydrogens (tertiary/aromatic N) is 1. The van der Waals surface area contributed by atoms with Gasteiger partial charge in [-0.25, -0.2) is 13.2 Å². The number of rotatable bonds is 7. The van der Waals surface area contributed by atoms with Crippen LogP contribution in [0.1, 0.15) is 36.0 Å². The maximum absolute atomic E-state index is 14.1. The summed E-state index contributed by atoms with van der Waals surface area (Å²) in [6, 6.07) is 25.0. The molecular formula is C27H28N2O4S. The molecule has 1 aliphatic rings. The monoisotopic (exact) mass is 476 g/mol. The molecule has 2 amide bonds. The minimum absolute atomic E-state index is 0.107. The van der Waals surface area contributed by atoms with E-state index in [1.54, 1.807) is 36.2 Å². The van der Waals surface area contributed by atoms with Crippen molar-refractivity contribution in [2.45, 2.75) is 35.7 Å². The first-order valence-corrected chi connectivity index (χ1v) is 13.0. The van der Waals surface area contributed by atoms with Crippen molar-refractivity contribution in [2.75, 3.05) is 13.3 Å². The molecule has 0 spiro atoms. The zero-order valence-electron chi connectivity index (χ0n) is 19.4. The summed E-state index contributed by atoms with van der Waals surface area (Å²) in [7, 11) is -1.64. The molecule has 6 nitrogen and oxygen atoms in total. The number of Topliss-reactive ketones (excluding diaryl/α,β-unsaturated/α-hetero) is 1. The molecule has 34 heavy (non-hydrogen) atoms. The van der Waals surface area contributed by atoms with Crippen LogP contribution in [0.2, 0.25) is 0 Å². The van der Waals surface area contributed by atoms with Crippen molar-refractivity contribution in [3.05, 3.63) is 102 Å². The quantitative estimate of drug-likeness (QED) is 0.556. The average molecular weight is 477 g/mol. The molecule has 3 aromatic rings. The summed E-state index contributed by atoms with van der Waals surface area (Å²) in [6.07, 6.45) is 1.31. The number of nitrogens with one attached hydrogen (secondary N) is 1. The minimum Gasteiger partial charge on any atom is -0.322 e. The summed E-state index contributed by atoms with van der Waals surface area (Å²) in [5.74, 6) is -0.414. The SMILES string of the molecule is CC1N(C)C(=O)NC1(C(=O)CC(c1ccccc1)c1ccc(S(C)(=O)=O)cc1)c1ccccc1. The number of carbonyl (C=O) groups is 2. The largest absolute Gasteiger partial charge is 0.322 e. The highest BCUT2D eigenvalue weighted by molar-refractivity contribution is 7.90. The van der Waals surface area contributed by atoms with Crippen LogP contribution >= 0.6 is 0 Å². The number of sulfone groups is 1. The third-order valence-corrected chi connectivity index (χ3v) is 7.93. The molecule has 0 aromatic heterocycles. The first kappa shape index (κ1) is 23.7. The van der Waals surface area contributed by atoms with Crippen molar-refractivity contribution in [2.24, 2.45) is 0 Å². The van der Waals surface area contributed by atoms with Crippen LogP contribution in [0.4, 0.5) is 4.79 Å². The Hall–Kier alpha value is -3.45. The average Bonchev–Trinajstić information content (AvgIpc) is 3.08. The number of carbonyl (C=O) groups excluding carboxylic acids is 2. The molecule has 0 bridgehead atoms. The van der Waals surface area contributed by atoms with Gasteiger partial charge in [0, 0.05) is 25.6 Å². The maximum atomic E-state index is 14.1. The summed E-state index contributed by atoms with van der Waals surface area (Å²) in [6.45, 7) is 1.88. The second kappa shape index (κ2) is 9.06. The summed E-state index contributed by atoms with van der Waals surface area (Å²) in [5, 5.41) is 2.98. The molecule has 0 aliphatic carbocycles. The fraction of sp³-hybridized carbons (Fsp3) is 0.259. The molecule has 7 heteroatoms. The van der Waals surface area contributed by atoms with Gasteiger partial charge in [-0.3, -0.25) is 4.79 Å². The maximum Gasteiger partial charge on any atom is 0.318 e. The van der Waals surface area contributed by atoms with Crippen LogP contribution in [0.3, 0.4) is 0 Å². The lowest BCUT2D eigenvalue weighted by molar-refractivity contribution is -0.126. The van der Waals surface area contributed by atoms with Crippen molar-refractivity contribution in [3.63, 3.8) is 0 Å². The van der Waals surface area contributed by atoms with Gasteiger partial charge >= 0.3 is 6.03 Å². The summed E-state index contributed by atoms with van der Waals surface area (Å²) >= 11 is 0. The third kappa shape index (κ3) is 4.23. The standard InChI is InChI=1S/C27H28N2O4S/c1-19-27(28-26(31)29(19)2,22-12-8-5-9-13-22)25(30)18-24(20-10-6-4-7-11-20)21-14-16-23(17-15-21)34(3,32)33/h4-17,19,24H,18H2,1-3H3,(H,28,31). The van der Waals surface area contributed by atoms with Gasteiger partial charge in [0.1, 0.15) is 5.54 Å². The minimum atomic E-state index is -3.33. The Morgan fingerprint density at radius 2 is 1.47 bits per heavy atom. The first-order valence-electron chi connectivity index (χ1n) is 11.1. The number of benzene rings is 3. The van der Waals surface area contributed by atoms with E-state index in [1.807, 2.05) is 67.6 Å². The molecular weight excluding hydrogens is 448 g/mol. The number of likely N-dealkylation sites (N-methyl/N-ethyl adjacent to an activating group) is 1. The molecule has 1 aliphatic heterocycles. The Labute approximate surface area is 200 Å². The van der Waals surface area contributed by atoms with Crippen molar-refractivity contribution < 1.29 is 18.0 Å². The summed E-state index contributed by atoms with van der Waals surface area (Å²) in [5.41, 5.74) is 1.33. The van der Waals surface area contributed by atoms with E-state index in [2.05, 4.69) is 5.32 Å². The van der Waals surface area contributed by atoms with Crippen molar-refractivity contribution in [1.82, 2.24) is 10.2 Å². The van der Waals surface area contributed by atoms with Crippen LogP contribution in [0.15, 0.2) is 89.8 Å². The van der Waals surface area contributed by atoms with Gasteiger partial charge in [0.15, 0.2) is 15.6 Å². The van der Waals surface area contributed by atoms with Gasteiger partial charge in [-0.15, -0.1) is 0 Å². The summed E-state index contributed by atoms with van der Waals surface area (Å²) in [4.78, 5) is 28.5. The first-order chi connectivity index (χ1) is 16.1. The molecule has 4 rings (SSSR count). The van der Waals surface area contributed by atoms with Gasteiger partial charge in [-0.05, 0) is 35.7 Å². The molecule has 1 saturated heterocycles. The van der Waals surface area contributed by atoms with Crippen LogP contribution in [0, 0.1) is 0 Å². The Morgan fingerprint density at radius 1 is 0.941 bits per heavy atom. The Morgan fingerprint density at radius 3 is 1.97 bits per heavy atom. The number of hydrogen-bond acceptors (Lipinski definition) is 4. The normalized spacial score (nSPS) is 21.2. The molecule has 3 unspecified atom stereocenters. The van der Waals surface area contributed by atoms with Crippen molar-refractivity contribution in [3.8, 4) is 0 Å². The van der Waals surface area contributed by atoms with Gasteiger partial charge in [-0.2, -0.15) is 0 Å². The van der Waals surface area contributed by atoms with Gasteiger partial charge in [0.25, 0.3) is 0 Å². The van der Waals surface area contributed by atoms with Gasteiger partial charge in [-0.1, -0.05) is 72.8 Å². The number of ketones is 1. The lowest BCUT2D eigenvalue weighted by atomic mass is 9.75. The van der Waals surface area contributed by atoms with Crippen LogP contribution in [0.5, 0.6) is 0 Å². The summed E-state index contributed by atoms with van der Waals surface area (Å²) < 4.78 is 23.9. The Bertz CT molecular complexity index is 1290. The second-order valence-corrected chi connectivity index (χ2v) is 10.8. The van der Waals surface area contributed by atoms with Crippen molar-refractivity contribution >= 4 is 21.7 Å². The molecule has 176 valence electrons. The molecule has 1 heterocycles. The van der Waals surface area contributed by atoms with Crippen LogP contribution in [-0.4, -0.2) is 44.5 Å². The van der Waals surface area contributed by atoms with Crippen LogP contribution in [-0.2, 0) is 20.2 Å². The number of urea groups is 1. The zero-order valence-corrected chi connectivity index (χ0v) is 20.2. The van der Waals surface area contributed by atoms with Gasteiger partial charge in [0.05, 0.1) is 10.9 Å². The second-order valence-electron chi connectivity index (χ2n) is 8.82. The van der Waals surface area contributed by atoms with E-state index < -0.39 is 15.4 Å². The van der Waals surface area contributed by atoms with Crippen LogP contribution in [0.25, 0.3) is 0 Å². The predicted molar refractivity (Wildman–Crippen MR) is 131 cm³/mol. The topological polar surface area (TPSA) is 83.6 Å². The zero-order chi connectivity index (χ0) is 24.5. The van der Waals surface area contributed by atoms with E-state index in [9.17, 15) is 18.0 Å². The third-order valence-electron chi connectivity index (χ3n) is 6.80. The Kier molecular flexibility index (Phi) is 6.32. The lowest BCUT2D eigenvalue weighted by Gasteiger charge is -2.34. The fourth-order valence-corrected chi connectivity index (χ4v) is 5.34. The highest BCUT2D eigenvalue weighted by Gasteiger charge is 2.54. The van der Waals surface area contributed by atoms with Crippen LogP contribution < -0.4 is 5.32 Å².